The minimum Gasteiger partial charge on any atom is -0.502 e. The van der Waals surface area contributed by atoms with Crippen molar-refractivity contribution in [2.75, 3.05) is 13.2 Å². The summed E-state index contributed by atoms with van der Waals surface area (Å²) < 4.78 is 18.7. The molecular formula is C13H17BrFNO. The molecule has 0 aliphatic rings. The zero-order valence-corrected chi connectivity index (χ0v) is 11.5. The molecule has 1 rings (SSSR count). The van der Waals surface area contributed by atoms with Gasteiger partial charge < -0.3 is 10.1 Å². The highest BCUT2D eigenvalue weighted by atomic mass is 79.9. The molecule has 94 valence electrons. The van der Waals surface area contributed by atoms with Gasteiger partial charge in [-0.25, -0.2) is 4.39 Å². The number of ether oxygens (including phenoxy) is 1. The second-order valence-corrected chi connectivity index (χ2v) is 4.59. The molecule has 0 amide bonds. The van der Waals surface area contributed by atoms with E-state index >= 15 is 0 Å². The van der Waals surface area contributed by atoms with Gasteiger partial charge in [0.05, 0.1) is 12.9 Å². The van der Waals surface area contributed by atoms with Crippen LogP contribution >= 0.6 is 15.9 Å². The number of hydrogen-bond acceptors (Lipinski definition) is 2. The maximum Gasteiger partial charge on any atom is 0.124 e. The first-order chi connectivity index (χ1) is 8.15. The fourth-order valence-electron chi connectivity index (χ4n) is 1.52. The summed E-state index contributed by atoms with van der Waals surface area (Å²) in [5.74, 6) is -0.229. The van der Waals surface area contributed by atoms with Crippen molar-refractivity contribution in [1.29, 1.82) is 0 Å². The van der Waals surface area contributed by atoms with Gasteiger partial charge in [-0.15, -0.1) is 0 Å². The zero-order valence-electron chi connectivity index (χ0n) is 9.88. The van der Waals surface area contributed by atoms with Crippen molar-refractivity contribution in [3.05, 3.63) is 46.9 Å². The van der Waals surface area contributed by atoms with Crippen LogP contribution in [0.1, 0.15) is 24.9 Å². The van der Waals surface area contributed by atoms with Crippen molar-refractivity contribution in [3.63, 3.8) is 0 Å². The smallest absolute Gasteiger partial charge is 0.124 e. The Balaban J connectivity index is 2.41. The molecule has 0 bridgehead atoms. The fourth-order valence-corrected chi connectivity index (χ4v) is 2.21. The number of hydrogen-bond donors (Lipinski definition) is 1. The summed E-state index contributed by atoms with van der Waals surface area (Å²) in [6.45, 7) is 7.03. The van der Waals surface area contributed by atoms with Crippen LogP contribution in [0.3, 0.4) is 0 Å². The van der Waals surface area contributed by atoms with Gasteiger partial charge in [0, 0.05) is 10.5 Å². The second kappa shape index (κ2) is 7.45. The van der Waals surface area contributed by atoms with Gasteiger partial charge in [-0.2, -0.15) is 0 Å². The molecule has 0 saturated heterocycles. The minimum absolute atomic E-state index is 0.175. The monoisotopic (exact) mass is 301 g/mol. The van der Waals surface area contributed by atoms with Crippen molar-refractivity contribution in [2.45, 2.75) is 19.4 Å². The highest BCUT2D eigenvalue weighted by Gasteiger charge is 2.08. The molecule has 1 N–H and O–H groups in total. The predicted molar refractivity (Wildman–Crippen MR) is 71.3 cm³/mol. The topological polar surface area (TPSA) is 21.3 Å². The summed E-state index contributed by atoms with van der Waals surface area (Å²) in [4.78, 5) is 0. The Hall–Kier alpha value is -0.870. The van der Waals surface area contributed by atoms with Crippen molar-refractivity contribution in [2.24, 2.45) is 0 Å². The lowest BCUT2D eigenvalue weighted by atomic mass is 10.1. The first kappa shape index (κ1) is 14.2. The third kappa shape index (κ3) is 4.88. The SMILES string of the molecule is C=COCCCNC(C)c1ccc(F)cc1Br. The van der Waals surface area contributed by atoms with E-state index in [1.54, 1.807) is 6.07 Å². The lowest BCUT2D eigenvalue weighted by Gasteiger charge is -2.15. The normalized spacial score (nSPS) is 12.2. The molecule has 17 heavy (non-hydrogen) atoms. The van der Waals surface area contributed by atoms with Crippen LogP contribution < -0.4 is 5.32 Å². The highest BCUT2D eigenvalue weighted by molar-refractivity contribution is 9.10. The fraction of sp³-hybridized carbons (Fsp3) is 0.385. The van der Waals surface area contributed by atoms with Crippen molar-refractivity contribution in [3.8, 4) is 0 Å². The van der Waals surface area contributed by atoms with E-state index in [0.29, 0.717) is 6.61 Å². The van der Waals surface area contributed by atoms with E-state index in [1.807, 2.05) is 6.92 Å². The van der Waals surface area contributed by atoms with Gasteiger partial charge in [0.2, 0.25) is 0 Å². The summed E-state index contributed by atoms with van der Waals surface area (Å²) in [6, 6.07) is 4.92. The van der Waals surface area contributed by atoms with E-state index in [0.717, 1.165) is 23.0 Å². The largest absolute Gasteiger partial charge is 0.502 e. The predicted octanol–water partition coefficient (Wildman–Crippen LogP) is 3.79. The molecule has 4 heteroatoms. The van der Waals surface area contributed by atoms with Crippen molar-refractivity contribution < 1.29 is 9.13 Å². The van der Waals surface area contributed by atoms with E-state index in [1.165, 1.54) is 18.4 Å². The molecule has 1 aromatic carbocycles. The van der Waals surface area contributed by atoms with Crippen LogP contribution in [0.15, 0.2) is 35.5 Å². The summed E-state index contributed by atoms with van der Waals surface area (Å²) in [6.07, 6.45) is 2.36. The molecule has 0 aliphatic heterocycles. The molecule has 0 radical (unpaired) electrons. The lowest BCUT2D eigenvalue weighted by Crippen LogP contribution is -2.21. The maximum absolute atomic E-state index is 12.9. The first-order valence-corrected chi connectivity index (χ1v) is 6.35. The summed E-state index contributed by atoms with van der Waals surface area (Å²) in [5, 5.41) is 3.35. The van der Waals surface area contributed by atoms with Crippen LogP contribution in [0, 0.1) is 5.82 Å². The van der Waals surface area contributed by atoms with Gasteiger partial charge >= 0.3 is 0 Å². The Morgan fingerprint density at radius 1 is 1.59 bits per heavy atom. The van der Waals surface area contributed by atoms with Crippen LogP contribution in [0.25, 0.3) is 0 Å². The second-order valence-electron chi connectivity index (χ2n) is 3.73. The van der Waals surface area contributed by atoms with Gasteiger partial charge in [0.25, 0.3) is 0 Å². The maximum atomic E-state index is 12.9. The Labute approximate surface area is 110 Å². The van der Waals surface area contributed by atoms with E-state index in [2.05, 4.69) is 27.8 Å². The molecule has 0 aliphatic carbocycles. The summed E-state index contributed by atoms with van der Waals surface area (Å²) in [5.41, 5.74) is 1.05. The molecule has 0 saturated carbocycles. The van der Waals surface area contributed by atoms with Crippen LogP contribution in [0.2, 0.25) is 0 Å². The first-order valence-electron chi connectivity index (χ1n) is 5.56. The van der Waals surface area contributed by atoms with Gasteiger partial charge in [0.15, 0.2) is 0 Å². The number of halogens is 2. The van der Waals surface area contributed by atoms with E-state index in [9.17, 15) is 4.39 Å². The van der Waals surface area contributed by atoms with Gasteiger partial charge in [-0.05, 0) is 37.6 Å². The molecule has 0 heterocycles. The van der Waals surface area contributed by atoms with Crippen LogP contribution in [-0.4, -0.2) is 13.2 Å². The Bertz CT molecular complexity index is 370. The quantitative estimate of drug-likeness (QED) is 0.611. The molecule has 0 spiro atoms. The van der Waals surface area contributed by atoms with E-state index in [4.69, 9.17) is 4.74 Å². The Morgan fingerprint density at radius 3 is 3.00 bits per heavy atom. The van der Waals surface area contributed by atoms with E-state index < -0.39 is 0 Å². The number of rotatable bonds is 7. The van der Waals surface area contributed by atoms with Crippen molar-refractivity contribution >= 4 is 15.9 Å². The van der Waals surface area contributed by atoms with Gasteiger partial charge in [-0.3, -0.25) is 0 Å². The van der Waals surface area contributed by atoms with Crippen LogP contribution in [0.4, 0.5) is 4.39 Å². The Kier molecular flexibility index (Phi) is 6.22. The summed E-state index contributed by atoms with van der Waals surface area (Å²) >= 11 is 3.36. The lowest BCUT2D eigenvalue weighted by molar-refractivity contribution is 0.243. The van der Waals surface area contributed by atoms with E-state index in [-0.39, 0.29) is 11.9 Å². The number of nitrogens with one attached hydrogen (secondary N) is 1. The van der Waals surface area contributed by atoms with Crippen molar-refractivity contribution in [1.82, 2.24) is 5.32 Å². The molecule has 2 nitrogen and oxygen atoms in total. The molecule has 1 unspecified atom stereocenters. The highest BCUT2D eigenvalue weighted by Crippen LogP contribution is 2.23. The van der Waals surface area contributed by atoms with Gasteiger partial charge in [0.1, 0.15) is 5.82 Å². The zero-order chi connectivity index (χ0) is 12.7. The molecule has 1 atom stereocenters. The average Bonchev–Trinajstić information content (AvgIpc) is 2.28. The summed E-state index contributed by atoms with van der Waals surface area (Å²) in [7, 11) is 0. The van der Waals surface area contributed by atoms with Gasteiger partial charge in [-0.1, -0.05) is 28.6 Å². The molecular weight excluding hydrogens is 285 g/mol. The molecule has 1 aromatic rings. The minimum atomic E-state index is -0.229. The third-order valence-electron chi connectivity index (χ3n) is 2.44. The van der Waals surface area contributed by atoms with Crippen LogP contribution in [0.5, 0.6) is 0 Å². The standard InChI is InChI=1S/C13H17BrFNO/c1-3-17-8-4-7-16-10(2)12-6-5-11(15)9-13(12)14/h3,5-6,9-10,16H,1,4,7-8H2,2H3. The number of benzene rings is 1. The third-order valence-corrected chi connectivity index (χ3v) is 3.12. The Morgan fingerprint density at radius 2 is 2.35 bits per heavy atom. The average molecular weight is 302 g/mol. The van der Waals surface area contributed by atoms with Crippen LogP contribution in [-0.2, 0) is 4.74 Å². The molecule has 0 fully saturated rings. The molecule has 0 aromatic heterocycles.